The van der Waals surface area contributed by atoms with Crippen molar-refractivity contribution >= 4 is 10.8 Å². The van der Waals surface area contributed by atoms with Crippen LogP contribution in [0, 0.1) is 29.4 Å². The van der Waals surface area contributed by atoms with E-state index in [0.29, 0.717) is 11.8 Å². The van der Waals surface area contributed by atoms with Gasteiger partial charge in [0, 0.05) is 5.39 Å². The monoisotopic (exact) mass is 438 g/mol. The normalized spacial score (nSPS) is 26.8. The molecule has 0 bridgehead atoms. The molecular weight excluding hydrogens is 407 g/mol. The van der Waals surface area contributed by atoms with Crippen molar-refractivity contribution < 1.29 is 22.0 Å². The molecule has 31 heavy (non-hydrogen) atoms. The lowest BCUT2D eigenvalue weighted by Gasteiger charge is -2.42. The highest BCUT2D eigenvalue weighted by molar-refractivity contribution is 5.85. The Morgan fingerprint density at radius 2 is 1.65 bits per heavy atom. The number of rotatable bonds is 5. The number of unbranched alkanes of at least 4 members (excludes halogenated alkanes) is 2. The Kier molecular flexibility index (Phi) is 6.60. The molecule has 0 amide bonds. The lowest BCUT2D eigenvalue weighted by Crippen LogP contribution is -2.30. The van der Waals surface area contributed by atoms with Gasteiger partial charge in [-0.15, -0.1) is 0 Å². The molecule has 0 nitrogen and oxygen atoms in total. The highest BCUT2D eigenvalue weighted by Crippen LogP contribution is 2.49. The standard InChI is InChI=1S/C26H31F5/c1-2-3-4-5-16-6-7-18-13-19(9-8-17(18)12-16)20-10-11-22-21(14-20)15-23(27)24(25(22)28)26(29,30)31/h10-11,14-19H,2-9,12-13H2,1H3. The molecule has 2 aliphatic carbocycles. The van der Waals surface area contributed by atoms with Gasteiger partial charge in [0.1, 0.15) is 17.2 Å². The van der Waals surface area contributed by atoms with E-state index in [4.69, 9.17) is 0 Å². The Bertz CT molecular complexity index is 916. The van der Waals surface area contributed by atoms with Crippen molar-refractivity contribution in [1.29, 1.82) is 0 Å². The maximum Gasteiger partial charge on any atom is 0.422 e. The second kappa shape index (κ2) is 9.07. The molecular formula is C26H31F5. The lowest BCUT2D eigenvalue weighted by molar-refractivity contribution is -0.142. The van der Waals surface area contributed by atoms with Gasteiger partial charge in [-0.1, -0.05) is 57.2 Å². The van der Waals surface area contributed by atoms with Crippen molar-refractivity contribution in [1.82, 2.24) is 0 Å². The molecule has 2 aliphatic rings. The number of hydrogen-bond acceptors (Lipinski definition) is 0. The van der Waals surface area contributed by atoms with Crippen molar-refractivity contribution in [2.75, 3.05) is 0 Å². The molecule has 0 heterocycles. The van der Waals surface area contributed by atoms with E-state index in [9.17, 15) is 22.0 Å². The average molecular weight is 439 g/mol. The predicted octanol–water partition coefficient (Wildman–Crippen LogP) is 9.02. The van der Waals surface area contributed by atoms with Gasteiger partial charge in [-0.2, -0.15) is 13.2 Å². The zero-order valence-corrected chi connectivity index (χ0v) is 18.1. The molecule has 0 radical (unpaired) electrons. The fourth-order valence-corrected chi connectivity index (χ4v) is 6.10. The van der Waals surface area contributed by atoms with E-state index in [-0.39, 0.29) is 10.8 Å². The number of hydrogen-bond donors (Lipinski definition) is 0. The summed E-state index contributed by atoms with van der Waals surface area (Å²) in [5, 5.41) is 0.0426. The van der Waals surface area contributed by atoms with E-state index in [1.807, 2.05) is 0 Å². The first-order valence-corrected chi connectivity index (χ1v) is 11.8. The zero-order valence-electron chi connectivity index (χ0n) is 18.1. The molecule has 0 saturated heterocycles. The number of halogens is 5. The molecule has 0 aromatic heterocycles. The summed E-state index contributed by atoms with van der Waals surface area (Å²) in [7, 11) is 0. The van der Waals surface area contributed by atoms with Crippen LogP contribution in [0.4, 0.5) is 22.0 Å². The second-order valence-electron chi connectivity index (χ2n) is 9.73. The quantitative estimate of drug-likeness (QED) is 0.323. The van der Waals surface area contributed by atoms with Gasteiger partial charge < -0.3 is 0 Å². The molecule has 0 spiro atoms. The van der Waals surface area contributed by atoms with Crippen LogP contribution in [-0.4, -0.2) is 0 Å². The molecule has 4 rings (SSSR count). The van der Waals surface area contributed by atoms with Crippen molar-refractivity contribution in [2.24, 2.45) is 17.8 Å². The van der Waals surface area contributed by atoms with Crippen LogP contribution in [-0.2, 0) is 6.18 Å². The van der Waals surface area contributed by atoms with Crippen molar-refractivity contribution in [2.45, 2.75) is 83.2 Å². The molecule has 0 aliphatic heterocycles. The Labute approximate surface area is 181 Å². The fraction of sp³-hybridized carbons (Fsp3) is 0.615. The van der Waals surface area contributed by atoms with Crippen LogP contribution in [0.25, 0.3) is 10.8 Å². The predicted molar refractivity (Wildman–Crippen MR) is 114 cm³/mol. The summed E-state index contributed by atoms with van der Waals surface area (Å²) in [5.41, 5.74) is -0.807. The third-order valence-corrected chi connectivity index (χ3v) is 7.75. The van der Waals surface area contributed by atoms with Crippen LogP contribution >= 0.6 is 0 Å². The molecule has 0 N–H and O–H groups in total. The summed E-state index contributed by atoms with van der Waals surface area (Å²) in [6.07, 6.45) is 7.39. The van der Waals surface area contributed by atoms with E-state index in [1.165, 1.54) is 57.4 Å². The summed E-state index contributed by atoms with van der Waals surface area (Å²) in [6.45, 7) is 2.24. The Hall–Kier alpha value is -1.65. The topological polar surface area (TPSA) is 0 Å². The molecule has 5 heteroatoms. The van der Waals surface area contributed by atoms with Gasteiger partial charge in [0.2, 0.25) is 0 Å². The van der Waals surface area contributed by atoms with E-state index >= 15 is 0 Å². The SMILES string of the molecule is CCCCCC1CCC2CC(c3ccc4c(F)c(C(F)(F)F)c(F)cc4c3)CCC2C1. The minimum atomic E-state index is -5.05. The molecule has 170 valence electrons. The minimum Gasteiger partial charge on any atom is -0.206 e. The molecule has 4 unspecified atom stereocenters. The number of alkyl halides is 3. The Morgan fingerprint density at radius 3 is 2.39 bits per heavy atom. The molecule has 2 aromatic carbocycles. The maximum absolute atomic E-state index is 14.4. The lowest BCUT2D eigenvalue weighted by atomic mass is 9.63. The maximum atomic E-state index is 14.4. The van der Waals surface area contributed by atoms with Crippen molar-refractivity contribution in [3.05, 3.63) is 47.0 Å². The molecule has 2 fully saturated rings. The average Bonchev–Trinajstić information content (AvgIpc) is 2.72. The number of fused-ring (bicyclic) bond motifs is 2. The molecule has 2 aromatic rings. The highest BCUT2D eigenvalue weighted by atomic mass is 19.4. The van der Waals surface area contributed by atoms with Crippen LogP contribution in [0.15, 0.2) is 24.3 Å². The zero-order chi connectivity index (χ0) is 22.2. The van der Waals surface area contributed by atoms with Gasteiger partial charge in [0.05, 0.1) is 0 Å². The smallest absolute Gasteiger partial charge is 0.206 e. The van der Waals surface area contributed by atoms with Gasteiger partial charge in [-0.25, -0.2) is 8.78 Å². The second-order valence-corrected chi connectivity index (χ2v) is 9.73. The minimum absolute atomic E-state index is 0.168. The third kappa shape index (κ3) is 4.75. The summed E-state index contributed by atoms with van der Waals surface area (Å²) >= 11 is 0. The number of benzene rings is 2. The summed E-state index contributed by atoms with van der Waals surface area (Å²) < 4.78 is 67.5. The molecule has 4 atom stereocenters. The van der Waals surface area contributed by atoms with Gasteiger partial charge in [0.25, 0.3) is 0 Å². The van der Waals surface area contributed by atoms with Crippen molar-refractivity contribution in [3.8, 4) is 0 Å². The van der Waals surface area contributed by atoms with Crippen LogP contribution in [0.1, 0.15) is 88.2 Å². The Morgan fingerprint density at radius 1 is 0.903 bits per heavy atom. The van der Waals surface area contributed by atoms with Crippen LogP contribution in [0.5, 0.6) is 0 Å². The van der Waals surface area contributed by atoms with E-state index in [0.717, 1.165) is 36.3 Å². The van der Waals surface area contributed by atoms with Crippen LogP contribution < -0.4 is 0 Å². The first-order chi connectivity index (χ1) is 14.8. The third-order valence-electron chi connectivity index (χ3n) is 7.75. The largest absolute Gasteiger partial charge is 0.422 e. The van der Waals surface area contributed by atoms with Gasteiger partial charge in [-0.05, 0) is 72.8 Å². The van der Waals surface area contributed by atoms with E-state index < -0.39 is 23.4 Å². The fourth-order valence-electron chi connectivity index (χ4n) is 6.10. The molecule has 2 saturated carbocycles. The first-order valence-electron chi connectivity index (χ1n) is 11.8. The summed E-state index contributed by atoms with van der Waals surface area (Å²) in [6, 6.07) is 5.66. The summed E-state index contributed by atoms with van der Waals surface area (Å²) in [5.74, 6) is -0.410. The van der Waals surface area contributed by atoms with Crippen molar-refractivity contribution in [3.63, 3.8) is 0 Å². The summed E-state index contributed by atoms with van der Waals surface area (Å²) in [4.78, 5) is 0. The van der Waals surface area contributed by atoms with Gasteiger partial charge in [-0.3, -0.25) is 0 Å². The van der Waals surface area contributed by atoms with E-state index in [2.05, 4.69) is 6.92 Å². The van der Waals surface area contributed by atoms with Gasteiger partial charge in [0.15, 0.2) is 0 Å². The van der Waals surface area contributed by atoms with Crippen LogP contribution in [0.2, 0.25) is 0 Å². The van der Waals surface area contributed by atoms with Crippen LogP contribution in [0.3, 0.4) is 0 Å². The van der Waals surface area contributed by atoms with Gasteiger partial charge >= 0.3 is 6.18 Å². The first kappa shape index (κ1) is 22.5. The van der Waals surface area contributed by atoms with E-state index in [1.54, 1.807) is 12.1 Å². The Balaban J connectivity index is 1.48. The highest BCUT2D eigenvalue weighted by Gasteiger charge is 2.39.